The summed E-state index contributed by atoms with van der Waals surface area (Å²) in [6, 6.07) is -0.322. The Morgan fingerprint density at radius 3 is 2.89 bits per heavy atom. The normalized spacial score (nSPS) is 26.8. The molecule has 0 spiro atoms. The summed E-state index contributed by atoms with van der Waals surface area (Å²) in [7, 11) is 1.64. The van der Waals surface area contributed by atoms with Crippen LogP contribution in [0.1, 0.15) is 6.92 Å². The largest absolute Gasteiger partial charge is 0.377 e. The molecule has 4 heteroatoms. The second-order valence-corrected chi connectivity index (χ2v) is 4.57. The number of hydrogen-bond acceptors (Lipinski definition) is 3. The fraction of sp³-hybridized carbons (Fsp3) is 0.357. The van der Waals surface area contributed by atoms with Crippen LogP contribution in [0, 0.1) is 5.92 Å². The second kappa shape index (κ2) is 5.23. The van der Waals surface area contributed by atoms with Crippen molar-refractivity contribution in [1.82, 2.24) is 10.6 Å². The quantitative estimate of drug-likeness (QED) is 0.682. The predicted molar refractivity (Wildman–Crippen MR) is 72.6 cm³/mol. The molecule has 0 saturated heterocycles. The van der Waals surface area contributed by atoms with Gasteiger partial charge in [-0.2, -0.15) is 0 Å². The molecule has 96 valence electrons. The third-order valence-corrected chi connectivity index (χ3v) is 3.29. The highest BCUT2D eigenvalue weighted by atomic mass is 16.2. The minimum atomic E-state index is -0.271. The lowest BCUT2D eigenvalue weighted by Crippen LogP contribution is -2.45. The van der Waals surface area contributed by atoms with E-state index >= 15 is 0 Å². The molecule has 2 aliphatic carbocycles. The van der Waals surface area contributed by atoms with Crippen molar-refractivity contribution >= 4 is 5.91 Å². The Morgan fingerprint density at radius 1 is 1.39 bits per heavy atom. The van der Waals surface area contributed by atoms with Gasteiger partial charge in [-0.15, -0.1) is 0 Å². The molecule has 0 heterocycles. The van der Waals surface area contributed by atoms with Gasteiger partial charge in [0, 0.05) is 24.7 Å². The highest BCUT2D eigenvalue weighted by Crippen LogP contribution is 2.29. The molecule has 0 saturated carbocycles. The molecule has 0 aromatic rings. The van der Waals surface area contributed by atoms with Crippen molar-refractivity contribution in [3.05, 3.63) is 47.7 Å². The van der Waals surface area contributed by atoms with Crippen LogP contribution in [0.4, 0.5) is 0 Å². The van der Waals surface area contributed by atoms with E-state index in [0.717, 1.165) is 5.70 Å². The first-order valence-electron chi connectivity index (χ1n) is 6.14. The summed E-state index contributed by atoms with van der Waals surface area (Å²) in [4.78, 5) is 11.5. The number of hydrogen-bond donors (Lipinski definition) is 3. The Morgan fingerprint density at radius 2 is 2.17 bits per heavy atom. The first-order chi connectivity index (χ1) is 8.63. The molecule has 0 aromatic heterocycles. The lowest BCUT2D eigenvalue weighted by molar-refractivity contribution is -0.122. The Bertz CT molecular complexity index is 460. The SMILES string of the molecule is CNC(=O)C(C)NC1=CC=CC2=CC=CC(N)C21. The van der Waals surface area contributed by atoms with E-state index < -0.39 is 0 Å². The monoisotopic (exact) mass is 245 g/mol. The number of carbonyl (C=O) groups excluding carboxylic acids is 1. The summed E-state index contributed by atoms with van der Waals surface area (Å²) >= 11 is 0. The van der Waals surface area contributed by atoms with Gasteiger partial charge in [0.25, 0.3) is 0 Å². The first kappa shape index (κ1) is 12.6. The molecule has 0 aliphatic heterocycles. The van der Waals surface area contributed by atoms with Crippen LogP contribution in [0.2, 0.25) is 0 Å². The van der Waals surface area contributed by atoms with Crippen LogP contribution in [0.15, 0.2) is 47.7 Å². The molecule has 0 radical (unpaired) electrons. The Hall–Kier alpha value is -1.81. The van der Waals surface area contributed by atoms with Gasteiger partial charge in [-0.1, -0.05) is 30.4 Å². The number of nitrogens with one attached hydrogen (secondary N) is 2. The smallest absolute Gasteiger partial charge is 0.241 e. The van der Waals surface area contributed by atoms with Gasteiger partial charge >= 0.3 is 0 Å². The maximum absolute atomic E-state index is 11.5. The standard InChI is InChI=1S/C14H19N3O/c1-9(14(18)16-2)17-12-8-4-6-10-5-3-7-11(15)13(10)12/h3-9,11,13,17H,15H2,1-2H3,(H,16,18). The molecule has 0 aromatic carbocycles. The van der Waals surface area contributed by atoms with E-state index in [-0.39, 0.29) is 23.9 Å². The van der Waals surface area contributed by atoms with E-state index in [4.69, 9.17) is 5.73 Å². The zero-order valence-corrected chi connectivity index (χ0v) is 10.7. The van der Waals surface area contributed by atoms with E-state index in [1.807, 2.05) is 31.2 Å². The van der Waals surface area contributed by atoms with Crippen molar-refractivity contribution in [2.45, 2.75) is 19.0 Å². The number of fused-ring (bicyclic) bond motifs is 1. The number of carbonyl (C=O) groups is 1. The van der Waals surface area contributed by atoms with Crippen LogP contribution < -0.4 is 16.4 Å². The summed E-state index contributed by atoms with van der Waals surface area (Å²) in [5.41, 5.74) is 8.30. The molecule has 0 fully saturated rings. The molecule has 3 atom stereocenters. The first-order valence-corrected chi connectivity index (χ1v) is 6.14. The van der Waals surface area contributed by atoms with Gasteiger partial charge < -0.3 is 16.4 Å². The van der Waals surface area contributed by atoms with Crippen molar-refractivity contribution in [3.63, 3.8) is 0 Å². The minimum Gasteiger partial charge on any atom is -0.377 e. The fourth-order valence-corrected chi connectivity index (χ4v) is 2.31. The van der Waals surface area contributed by atoms with Crippen LogP contribution in [0.25, 0.3) is 0 Å². The van der Waals surface area contributed by atoms with Gasteiger partial charge in [-0.3, -0.25) is 4.79 Å². The zero-order valence-electron chi connectivity index (χ0n) is 10.7. The summed E-state index contributed by atoms with van der Waals surface area (Å²) < 4.78 is 0. The van der Waals surface area contributed by atoms with Crippen molar-refractivity contribution in [3.8, 4) is 0 Å². The molecule has 3 unspecified atom stereocenters. The molecule has 18 heavy (non-hydrogen) atoms. The number of amides is 1. The molecule has 1 amide bonds. The van der Waals surface area contributed by atoms with E-state index in [9.17, 15) is 4.79 Å². The Labute approximate surface area is 107 Å². The topological polar surface area (TPSA) is 67.2 Å². The Balaban J connectivity index is 2.16. The Kier molecular flexibility index (Phi) is 3.67. The predicted octanol–water partition coefficient (Wildman–Crippen LogP) is 0.604. The molecule has 4 nitrogen and oxygen atoms in total. The lowest BCUT2D eigenvalue weighted by Gasteiger charge is -2.32. The third kappa shape index (κ3) is 2.38. The molecule has 2 aliphatic rings. The number of allylic oxidation sites excluding steroid dienone is 5. The van der Waals surface area contributed by atoms with Crippen LogP contribution in [-0.4, -0.2) is 25.0 Å². The fourth-order valence-electron chi connectivity index (χ4n) is 2.31. The summed E-state index contributed by atoms with van der Waals surface area (Å²) in [5.74, 6) is 0.0861. The zero-order chi connectivity index (χ0) is 13.1. The average Bonchev–Trinajstić information content (AvgIpc) is 2.38. The van der Waals surface area contributed by atoms with Crippen LogP contribution in [0.3, 0.4) is 0 Å². The maximum Gasteiger partial charge on any atom is 0.241 e. The van der Waals surface area contributed by atoms with Crippen LogP contribution in [0.5, 0.6) is 0 Å². The highest BCUT2D eigenvalue weighted by molar-refractivity contribution is 5.81. The molecule has 2 rings (SSSR count). The summed E-state index contributed by atoms with van der Waals surface area (Å²) in [5, 5.41) is 5.87. The molecule has 0 bridgehead atoms. The average molecular weight is 245 g/mol. The number of nitrogens with two attached hydrogens (primary N) is 1. The minimum absolute atomic E-state index is 0.0316. The van der Waals surface area contributed by atoms with Gasteiger partial charge in [-0.05, 0) is 18.6 Å². The van der Waals surface area contributed by atoms with Gasteiger partial charge in [0.15, 0.2) is 0 Å². The van der Waals surface area contributed by atoms with Gasteiger partial charge in [0.05, 0.1) is 0 Å². The van der Waals surface area contributed by atoms with E-state index in [0.29, 0.717) is 0 Å². The van der Waals surface area contributed by atoms with Gasteiger partial charge in [0.2, 0.25) is 5.91 Å². The van der Waals surface area contributed by atoms with Crippen molar-refractivity contribution in [2.75, 3.05) is 7.05 Å². The van der Waals surface area contributed by atoms with E-state index in [1.165, 1.54) is 5.57 Å². The van der Waals surface area contributed by atoms with E-state index in [2.05, 4.69) is 22.8 Å². The molecule has 4 N–H and O–H groups in total. The molecular weight excluding hydrogens is 226 g/mol. The van der Waals surface area contributed by atoms with Crippen molar-refractivity contribution in [2.24, 2.45) is 11.7 Å². The summed E-state index contributed by atoms with van der Waals surface area (Å²) in [6.07, 6.45) is 12.0. The van der Waals surface area contributed by atoms with E-state index in [1.54, 1.807) is 7.05 Å². The second-order valence-electron chi connectivity index (χ2n) is 4.57. The molecular formula is C14H19N3O. The number of likely N-dealkylation sites (N-methyl/N-ethyl adjacent to an activating group) is 1. The lowest BCUT2D eigenvalue weighted by atomic mass is 9.82. The van der Waals surface area contributed by atoms with Crippen molar-refractivity contribution in [1.29, 1.82) is 0 Å². The maximum atomic E-state index is 11.5. The highest BCUT2D eigenvalue weighted by Gasteiger charge is 2.28. The van der Waals surface area contributed by atoms with Crippen LogP contribution in [-0.2, 0) is 4.79 Å². The summed E-state index contributed by atoms with van der Waals surface area (Å²) in [6.45, 7) is 1.84. The van der Waals surface area contributed by atoms with Gasteiger partial charge in [-0.25, -0.2) is 0 Å². The van der Waals surface area contributed by atoms with Gasteiger partial charge in [0.1, 0.15) is 6.04 Å². The van der Waals surface area contributed by atoms with Crippen molar-refractivity contribution < 1.29 is 4.79 Å². The third-order valence-electron chi connectivity index (χ3n) is 3.29. The van der Waals surface area contributed by atoms with Crippen LogP contribution >= 0.6 is 0 Å². The number of rotatable bonds is 3.